The first-order valence-electron chi connectivity index (χ1n) is 9.16. The molecule has 0 saturated heterocycles. The van der Waals surface area contributed by atoms with E-state index >= 15 is 0 Å². The SMILES string of the molecule is CN=C(NCC1(CCOC)CC1)N(C)Cc1ncc(-c2ccccc2)[nH]1.I. The molecule has 1 aliphatic carbocycles. The first kappa shape index (κ1) is 21.7. The number of hydrogen-bond acceptors (Lipinski definition) is 3. The maximum absolute atomic E-state index is 5.24. The third-order valence-electron chi connectivity index (χ3n) is 5.09. The lowest BCUT2D eigenvalue weighted by Gasteiger charge is -2.24. The van der Waals surface area contributed by atoms with E-state index in [1.54, 1.807) is 7.11 Å². The number of aromatic amines is 1. The van der Waals surface area contributed by atoms with Crippen LogP contribution in [0, 0.1) is 5.41 Å². The van der Waals surface area contributed by atoms with E-state index in [0.29, 0.717) is 12.0 Å². The van der Waals surface area contributed by atoms with Crippen molar-refractivity contribution in [2.75, 3.05) is 34.4 Å². The number of halogens is 1. The van der Waals surface area contributed by atoms with Crippen molar-refractivity contribution >= 4 is 29.9 Å². The summed E-state index contributed by atoms with van der Waals surface area (Å²) in [4.78, 5) is 14.4. The smallest absolute Gasteiger partial charge is 0.193 e. The molecule has 1 aromatic carbocycles. The molecule has 1 saturated carbocycles. The molecule has 1 heterocycles. The number of rotatable bonds is 8. The highest BCUT2D eigenvalue weighted by molar-refractivity contribution is 14.0. The van der Waals surface area contributed by atoms with Crippen LogP contribution in [0.2, 0.25) is 0 Å². The van der Waals surface area contributed by atoms with Gasteiger partial charge in [0.1, 0.15) is 5.82 Å². The zero-order valence-corrected chi connectivity index (χ0v) is 18.7. The Hall–Kier alpha value is -1.61. The van der Waals surface area contributed by atoms with Crippen molar-refractivity contribution in [3.05, 3.63) is 42.4 Å². The summed E-state index contributed by atoms with van der Waals surface area (Å²) in [6.07, 6.45) is 5.53. The van der Waals surface area contributed by atoms with Crippen molar-refractivity contribution in [1.29, 1.82) is 0 Å². The van der Waals surface area contributed by atoms with Crippen molar-refractivity contribution < 1.29 is 4.74 Å². The number of nitrogens with one attached hydrogen (secondary N) is 2. The third-order valence-corrected chi connectivity index (χ3v) is 5.09. The van der Waals surface area contributed by atoms with Gasteiger partial charge in [0.2, 0.25) is 0 Å². The molecule has 1 aliphatic rings. The second kappa shape index (κ2) is 10.1. The van der Waals surface area contributed by atoms with Gasteiger partial charge in [-0.2, -0.15) is 0 Å². The van der Waals surface area contributed by atoms with Gasteiger partial charge in [0, 0.05) is 34.4 Å². The van der Waals surface area contributed by atoms with Crippen LogP contribution in [0.15, 0.2) is 41.5 Å². The van der Waals surface area contributed by atoms with E-state index in [1.165, 1.54) is 12.8 Å². The van der Waals surface area contributed by atoms with E-state index in [4.69, 9.17) is 4.74 Å². The van der Waals surface area contributed by atoms with Crippen molar-refractivity contribution in [1.82, 2.24) is 20.2 Å². The highest BCUT2D eigenvalue weighted by Crippen LogP contribution is 2.48. The minimum Gasteiger partial charge on any atom is -0.385 e. The Labute approximate surface area is 178 Å². The number of aliphatic imine (C=N–C) groups is 1. The minimum absolute atomic E-state index is 0. The molecule has 0 amide bonds. The second-order valence-corrected chi connectivity index (χ2v) is 7.11. The highest BCUT2D eigenvalue weighted by atomic mass is 127. The van der Waals surface area contributed by atoms with E-state index in [1.807, 2.05) is 38.5 Å². The first-order chi connectivity index (χ1) is 12.7. The van der Waals surface area contributed by atoms with Gasteiger partial charge in [0.15, 0.2) is 5.96 Å². The van der Waals surface area contributed by atoms with Gasteiger partial charge >= 0.3 is 0 Å². The summed E-state index contributed by atoms with van der Waals surface area (Å²) in [7, 11) is 5.63. The first-order valence-corrected chi connectivity index (χ1v) is 9.16. The van der Waals surface area contributed by atoms with Gasteiger partial charge in [-0.15, -0.1) is 24.0 Å². The summed E-state index contributed by atoms with van der Waals surface area (Å²) in [5, 5.41) is 3.52. The summed E-state index contributed by atoms with van der Waals surface area (Å²) >= 11 is 0. The molecule has 148 valence electrons. The van der Waals surface area contributed by atoms with Crippen LogP contribution in [0.25, 0.3) is 11.3 Å². The zero-order chi connectivity index (χ0) is 18.4. The average Bonchev–Trinajstić information content (AvgIpc) is 3.29. The molecular formula is C20H30IN5O. The molecule has 0 unspecified atom stereocenters. The molecule has 0 spiro atoms. The van der Waals surface area contributed by atoms with Crippen LogP contribution in [-0.4, -0.2) is 55.2 Å². The number of ether oxygens (including phenoxy) is 1. The van der Waals surface area contributed by atoms with Crippen molar-refractivity contribution in [2.45, 2.75) is 25.8 Å². The van der Waals surface area contributed by atoms with E-state index in [0.717, 1.165) is 42.6 Å². The molecular weight excluding hydrogens is 453 g/mol. The fraction of sp³-hybridized carbons (Fsp3) is 0.500. The maximum Gasteiger partial charge on any atom is 0.193 e. The molecule has 2 N–H and O–H groups in total. The molecule has 1 aromatic heterocycles. The number of aromatic nitrogens is 2. The Kier molecular flexibility index (Phi) is 8.09. The fourth-order valence-corrected chi connectivity index (χ4v) is 3.17. The van der Waals surface area contributed by atoms with Crippen LogP contribution in [0.3, 0.4) is 0 Å². The summed E-state index contributed by atoms with van der Waals surface area (Å²) < 4.78 is 5.24. The van der Waals surface area contributed by atoms with E-state index < -0.39 is 0 Å². The van der Waals surface area contributed by atoms with Crippen LogP contribution in [0.4, 0.5) is 0 Å². The van der Waals surface area contributed by atoms with Gasteiger partial charge in [-0.3, -0.25) is 4.99 Å². The molecule has 0 aliphatic heterocycles. The largest absolute Gasteiger partial charge is 0.385 e. The summed E-state index contributed by atoms with van der Waals surface area (Å²) in [6.45, 7) is 2.45. The molecule has 0 atom stereocenters. The molecule has 27 heavy (non-hydrogen) atoms. The van der Waals surface area contributed by atoms with Crippen LogP contribution >= 0.6 is 24.0 Å². The number of hydrogen-bond donors (Lipinski definition) is 2. The van der Waals surface area contributed by atoms with Crippen LogP contribution in [-0.2, 0) is 11.3 Å². The van der Waals surface area contributed by atoms with Gasteiger partial charge in [0.05, 0.1) is 18.4 Å². The van der Waals surface area contributed by atoms with Crippen LogP contribution in [0.5, 0.6) is 0 Å². The summed E-state index contributed by atoms with van der Waals surface area (Å²) in [5.74, 6) is 1.82. The normalized spacial score (nSPS) is 15.1. The quantitative estimate of drug-likeness (QED) is 0.343. The molecule has 6 nitrogen and oxygen atoms in total. The minimum atomic E-state index is 0. The number of benzene rings is 1. The lowest BCUT2D eigenvalue weighted by atomic mass is 10.0. The van der Waals surface area contributed by atoms with Crippen LogP contribution in [0.1, 0.15) is 25.1 Å². The van der Waals surface area contributed by atoms with Crippen LogP contribution < -0.4 is 5.32 Å². The second-order valence-electron chi connectivity index (χ2n) is 7.11. The van der Waals surface area contributed by atoms with Crippen molar-refractivity contribution in [3.63, 3.8) is 0 Å². The van der Waals surface area contributed by atoms with Crippen molar-refractivity contribution in [3.8, 4) is 11.3 Å². The lowest BCUT2D eigenvalue weighted by molar-refractivity contribution is 0.172. The van der Waals surface area contributed by atoms with E-state index in [2.05, 4.69) is 37.3 Å². The number of guanidine groups is 1. The topological polar surface area (TPSA) is 65.5 Å². The summed E-state index contributed by atoms with van der Waals surface area (Å²) in [6, 6.07) is 10.2. The Morgan fingerprint density at radius 2 is 2.07 bits per heavy atom. The van der Waals surface area contributed by atoms with Gasteiger partial charge < -0.3 is 19.9 Å². The Balaban J connectivity index is 0.00000261. The average molecular weight is 483 g/mol. The Morgan fingerprint density at radius 3 is 2.70 bits per heavy atom. The molecule has 3 rings (SSSR count). The van der Waals surface area contributed by atoms with E-state index in [9.17, 15) is 0 Å². The van der Waals surface area contributed by atoms with Gasteiger partial charge in [-0.05, 0) is 30.2 Å². The number of H-pyrrole nitrogens is 1. The predicted molar refractivity (Wildman–Crippen MR) is 120 cm³/mol. The molecule has 2 aromatic rings. The number of methoxy groups -OCH3 is 1. The fourth-order valence-electron chi connectivity index (χ4n) is 3.17. The Bertz CT molecular complexity index is 727. The molecule has 0 bridgehead atoms. The standard InChI is InChI=1S/C20H29N5O.HI/c1-21-19(23-15-20(9-10-20)11-12-26-3)25(2)14-18-22-13-17(24-18)16-7-5-4-6-8-16;/h4-8,13H,9-12,14-15H2,1-3H3,(H,21,23)(H,22,24);1H. The van der Waals surface area contributed by atoms with Gasteiger partial charge in [-0.1, -0.05) is 30.3 Å². The number of imidazole rings is 1. The van der Waals surface area contributed by atoms with E-state index in [-0.39, 0.29) is 24.0 Å². The lowest BCUT2D eigenvalue weighted by Crippen LogP contribution is -2.41. The number of nitrogens with zero attached hydrogens (tertiary/aromatic N) is 3. The highest BCUT2D eigenvalue weighted by Gasteiger charge is 2.42. The molecule has 7 heteroatoms. The Morgan fingerprint density at radius 1 is 1.33 bits per heavy atom. The van der Waals surface area contributed by atoms with Gasteiger partial charge in [0.25, 0.3) is 0 Å². The maximum atomic E-state index is 5.24. The zero-order valence-electron chi connectivity index (χ0n) is 16.4. The predicted octanol–water partition coefficient (Wildman–Crippen LogP) is 3.52. The molecule has 1 fully saturated rings. The van der Waals surface area contributed by atoms with Gasteiger partial charge in [-0.25, -0.2) is 4.98 Å². The molecule has 0 radical (unpaired) electrons. The monoisotopic (exact) mass is 483 g/mol. The third kappa shape index (κ3) is 5.93. The van der Waals surface area contributed by atoms with Crippen molar-refractivity contribution in [2.24, 2.45) is 10.4 Å². The summed E-state index contributed by atoms with van der Waals surface area (Å²) in [5.41, 5.74) is 2.57.